The Morgan fingerprint density at radius 2 is 1.89 bits per heavy atom. The van der Waals surface area contributed by atoms with E-state index < -0.39 is 0 Å². The second kappa shape index (κ2) is 6.28. The molecule has 94 valence electrons. The molecule has 4 heteroatoms. The highest BCUT2D eigenvalue weighted by molar-refractivity contribution is 6.32. The first-order valence-corrected chi connectivity index (χ1v) is 6.04. The molecule has 18 heavy (non-hydrogen) atoms. The van der Waals surface area contributed by atoms with Gasteiger partial charge in [0.05, 0.1) is 12.1 Å². The topological polar surface area (TPSA) is 33.3 Å². The Morgan fingerprint density at radius 1 is 1.11 bits per heavy atom. The molecule has 0 atom stereocenters. The third kappa shape index (κ3) is 3.39. The molecule has 0 saturated heterocycles. The number of halogens is 1. The van der Waals surface area contributed by atoms with Crippen molar-refractivity contribution < 1.29 is 4.74 Å². The summed E-state index contributed by atoms with van der Waals surface area (Å²) in [7, 11) is 1.61. The molecule has 0 aliphatic carbocycles. The van der Waals surface area contributed by atoms with E-state index in [1.165, 1.54) is 0 Å². The summed E-state index contributed by atoms with van der Waals surface area (Å²) in [5.41, 5.74) is 8.38. The molecule has 0 bridgehead atoms. The van der Waals surface area contributed by atoms with E-state index in [0.29, 0.717) is 17.3 Å². The number of benzene rings is 2. The molecule has 0 radical (unpaired) electrons. The first-order valence-electron chi connectivity index (χ1n) is 5.66. The Bertz CT molecular complexity index is 502. The second-order valence-corrected chi connectivity index (χ2v) is 4.22. The average Bonchev–Trinajstić information content (AvgIpc) is 2.42. The molecule has 3 nitrogen and oxygen atoms in total. The normalized spacial score (nSPS) is 10.1. The van der Waals surface area contributed by atoms with Gasteiger partial charge in [0, 0.05) is 12.2 Å². The monoisotopic (exact) mass is 262 g/mol. The number of nitrogens with one attached hydrogen (secondary N) is 2. The molecule has 0 saturated carbocycles. The SMILES string of the molecule is COc1cc(CNNc2ccccc2)ccc1Cl. The van der Waals surface area contributed by atoms with Gasteiger partial charge in [-0.1, -0.05) is 35.9 Å². The molecule has 2 aromatic rings. The van der Waals surface area contributed by atoms with Crippen molar-refractivity contribution in [1.29, 1.82) is 0 Å². The van der Waals surface area contributed by atoms with Crippen LogP contribution in [0.3, 0.4) is 0 Å². The third-order valence-electron chi connectivity index (χ3n) is 2.51. The number of methoxy groups -OCH3 is 1. The highest BCUT2D eigenvalue weighted by Gasteiger charge is 2.01. The predicted octanol–water partition coefficient (Wildman–Crippen LogP) is 3.47. The molecular formula is C14H15ClN2O. The fourth-order valence-electron chi connectivity index (χ4n) is 1.58. The van der Waals surface area contributed by atoms with E-state index in [0.717, 1.165) is 11.3 Å². The number of hydrogen-bond donors (Lipinski definition) is 2. The highest BCUT2D eigenvalue weighted by atomic mass is 35.5. The molecule has 0 aromatic heterocycles. The van der Waals surface area contributed by atoms with Crippen LogP contribution < -0.4 is 15.6 Å². The minimum absolute atomic E-state index is 0.622. The number of para-hydroxylation sites is 1. The Hall–Kier alpha value is -1.71. The molecule has 0 amide bonds. The molecule has 0 heterocycles. The van der Waals surface area contributed by atoms with Crippen LogP contribution in [0.15, 0.2) is 48.5 Å². The summed E-state index contributed by atoms with van der Waals surface area (Å²) in [5.74, 6) is 0.690. The first-order chi connectivity index (χ1) is 8.79. The van der Waals surface area contributed by atoms with Crippen molar-refractivity contribution in [2.24, 2.45) is 0 Å². The van der Waals surface area contributed by atoms with Gasteiger partial charge in [-0.2, -0.15) is 0 Å². The molecule has 2 aromatic carbocycles. The van der Waals surface area contributed by atoms with E-state index in [9.17, 15) is 0 Å². The molecule has 0 spiro atoms. The summed E-state index contributed by atoms with van der Waals surface area (Å²) in [4.78, 5) is 0. The van der Waals surface area contributed by atoms with Crippen LogP contribution in [-0.2, 0) is 6.54 Å². The first kappa shape index (κ1) is 12.7. The lowest BCUT2D eigenvalue weighted by molar-refractivity contribution is 0.414. The van der Waals surface area contributed by atoms with E-state index in [1.54, 1.807) is 7.11 Å². The summed E-state index contributed by atoms with van der Waals surface area (Å²) in [5, 5.41) is 0.622. The molecular weight excluding hydrogens is 248 g/mol. The minimum Gasteiger partial charge on any atom is -0.495 e. The maximum Gasteiger partial charge on any atom is 0.137 e. The zero-order valence-corrected chi connectivity index (χ0v) is 10.9. The van der Waals surface area contributed by atoms with Crippen molar-refractivity contribution in [1.82, 2.24) is 5.43 Å². The van der Waals surface area contributed by atoms with Crippen LogP contribution in [-0.4, -0.2) is 7.11 Å². The van der Waals surface area contributed by atoms with Gasteiger partial charge in [-0.25, -0.2) is 5.43 Å². The third-order valence-corrected chi connectivity index (χ3v) is 2.83. The van der Waals surface area contributed by atoms with Crippen molar-refractivity contribution in [2.45, 2.75) is 6.54 Å². The van der Waals surface area contributed by atoms with E-state index in [4.69, 9.17) is 16.3 Å². The number of ether oxygens (including phenoxy) is 1. The van der Waals surface area contributed by atoms with Crippen LogP contribution in [0, 0.1) is 0 Å². The molecule has 0 fully saturated rings. The van der Waals surface area contributed by atoms with Gasteiger partial charge in [-0.15, -0.1) is 0 Å². The maximum atomic E-state index is 5.97. The summed E-state index contributed by atoms with van der Waals surface area (Å²) >= 11 is 5.97. The quantitative estimate of drug-likeness (QED) is 0.810. The highest BCUT2D eigenvalue weighted by Crippen LogP contribution is 2.24. The van der Waals surface area contributed by atoms with Crippen LogP contribution >= 0.6 is 11.6 Å². The Balaban J connectivity index is 1.91. The number of hydrogen-bond acceptors (Lipinski definition) is 3. The van der Waals surface area contributed by atoms with Crippen molar-refractivity contribution in [3.63, 3.8) is 0 Å². The van der Waals surface area contributed by atoms with Crippen LogP contribution in [0.2, 0.25) is 5.02 Å². The standard InChI is InChI=1S/C14H15ClN2O/c1-18-14-9-11(7-8-13(14)15)10-16-17-12-5-3-2-4-6-12/h2-9,16-17H,10H2,1H3. The van der Waals surface area contributed by atoms with E-state index in [1.807, 2.05) is 48.5 Å². The van der Waals surface area contributed by atoms with Crippen LogP contribution in [0.25, 0.3) is 0 Å². The van der Waals surface area contributed by atoms with Gasteiger partial charge < -0.3 is 10.2 Å². The van der Waals surface area contributed by atoms with Crippen molar-refractivity contribution >= 4 is 17.3 Å². The molecule has 2 N–H and O–H groups in total. The lowest BCUT2D eigenvalue weighted by Gasteiger charge is -2.10. The molecule has 0 aliphatic heterocycles. The van der Waals surface area contributed by atoms with Gasteiger partial charge in [0.1, 0.15) is 5.75 Å². The van der Waals surface area contributed by atoms with E-state index in [2.05, 4.69) is 10.9 Å². The number of hydrazine groups is 1. The van der Waals surface area contributed by atoms with Gasteiger partial charge >= 0.3 is 0 Å². The van der Waals surface area contributed by atoms with Crippen LogP contribution in [0.5, 0.6) is 5.75 Å². The zero-order valence-electron chi connectivity index (χ0n) is 10.1. The van der Waals surface area contributed by atoms with Crippen molar-refractivity contribution in [3.05, 3.63) is 59.1 Å². The van der Waals surface area contributed by atoms with Gasteiger partial charge in [-0.05, 0) is 29.8 Å². The fourth-order valence-corrected chi connectivity index (χ4v) is 1.78. The summed E-state index contributed by atoms with van der Waals surface area (Å²) in [6.45, 7) is 0.683. The summed E-state index contributed by atoms with van der Waals surface area (Å²) < 4.78 is 5.17. The minimum atomic E-state index is 0.622. The Kier molecular flexibility index (Phi) is 4.45. The summed E-state index contributed by atoms with van der Waals surface area (Å²) in [6.07, 6.45) is 0. The van der Waals surface area contributed by atoms with Crippen molar-refractivity contribution in [2.75, 3.05) is 12.5 Å². The second-order valence-electron chi connectivity index (χ2n) is 3.81. The van der Waals surface area contributed by atoms with Crippen molar-refractivity contribution in [3.8, 4) is 5.75 Å². The fraction of sp³-hybridized carbons (Fsp3) is 0.143. The largest absolute Gasteiger partial charge is 0.495 e. The predicted molar refractivity (Wildman–Crippen MR) is 74.9 cm³/mol. The lowest BCUT2D eigenvalue weighted by atomic mass is 10.2. The molecule has 0 unspecified atom stereocenters. The molecule has 0 aliphatic rings. The van der Waals surface area contributed by atoms with Gasteiger partial charge in [-0.3, -0.25) is 0 Å². The zero-order chi connectivity index (χ0) is 12.8. The van der Waals surface area contributed by atoms with Gasteiger partial charge in [0.15, 0.2) is 0 Å². The Labute approximate surface area is 112 Å². The van der Waals surface area contributed by atoms with Gasteiger partial charge in [0.2, 0.25) is 0 Å². The Morgan fingerprint density at radius 3 is 2.61 bits per heavy atom. The number of anilines is 1. The smallest absolute Gasteiger partial charge is 0.137 e. The van der Waals surface area contributed by atoms with Crippen LogP contribution in [0.1, 0.15) is 5.56 Å². The van der Waals surface area contributed by atoms with E-state index in [-0.39, 0.29) is 0 Å². The van der Waals surface area contributed by atoms with Gasteiger partial charge in [0.25, 0.3) is 0 Å². The summed E-state index contributed by atoms with van der Waals surface area (Å²) in [6, 6.07) is 15.7. The maximum absolute atomic E-state index is 5.97. The number of rotatable bonds is 5. The van der Waals surface area contributed by atoms with Crippen LogP contribution in [0.4, 0.5) is 5.69 Å². The average molecular weight is 263 g/mol. The van der Waals surface area contributed by atoms with E-state index >= 15 is 0 Å². The lowest BCUT2D eigenvalue weighted by Crippen LogP contribution is -2.20. The molecule has 2 rings (SSSR count).